The average molecular weight is 246 g/mol. The number of unbranched alkanes of at least 4 members (excludes halogenated alkanes) is 2. The van der Waals surface area contributed by atoms with Gasteiger partial charge in [-0.1, -0.05) is 26.2 Å². The van der Waals surface area contributed by atoms with E-state index < -0.39 is 0 Å². The molecular weight excluding hydrogens is 226 g/mol. The molecule has 3 nitrogen and oxygen atoms in total. The summed E-state index contributed by atoms with van der Waals surface area (Å²) in [6.45, 7) is 2.14. The zero-order valence-corrected chi connectivity index (χ0v) is 10.3. The Morgan fingerprint density at radius 3 is 2.19 bits per heavy atom. The van der Waals surface area contributed by atoms with Crippen molar-refractivity contribution in [3.05, 3.63) is 23.8 Å². The van der Waals surface area contributed by atoms with Gasteiger partial charge in [0.2, 0.25) is 0 Å². The van der Waals surface area contributed by atoms with Gasteiger partial charge in [0.15, 0.2) is 0 Å². The third kappa shape index (κ3) is 4.73. The van der Waals surface area contributed by atoms with Crippen LogP contribution in [0.3, 0.4) is 0 Å². The number of halogens is 1. The Hall–Kier alpha value is -0.930. The topological polar surface area (TPSA) is 66.5 Å². The molecule has 0 aliphatic rings. The monoisotopic (exact) mass is 245 g/mol. The van der Waals surface area contributed by atoms with Crippen LogP contribution in [0.25, 0.3) is 0 Å². The number of aromatic hydroxyl groups is 2. The van der Waals surface area contributed by atoms with Gasteiger partial charge in [0.1, 0.15) is 11.5 Å². The van der Waals surface area contributed by atoms with Gasteiger partial charge in [0.25, 0.3) is 0 Å². The summed E-state index contributed by atoms with van der Waals surface area (Å²) in [6, 6.07) is 4.42. The molecule has 0 amide bonds. The van der Waals surface area contributed by atoms with E-state index in [4.69, 9.17) is 5.73 Å². The van der Waals surface area contributed by atoms with E-state index >= 15 is 0 Å². The van der Waals surface area contributed by atoms with Crippen LogP contribution in [0, 0.1) is 0 Å². The summed E-state index contributed by atoms with van der Waals surface area (Å²) in [6.07, 6.45) is 4.29. The average Bonchev–Trinajstić information content (AvgIpc) is 2.16. The maximum Gasteiger partial charge on any atom is 0.119 e. The van der Waals surface area contributed by atoms with Crippen molar-refractivity contribution in [1.82, 2.24) is 0 Å². The fourth-order valence-corrected chi connectivity index (χ4v) is 1.61. The lowest BCUT2D eigenvalue weighted by molar-refractivity contribution is 0.446. The quantitative estimate of drug-likeness (QED) is 0.699. The van der Waals surface area contributed by atoms with E-state index in [0.29, 0.717) is 0 Å². The van der Waals surface area contributed by atoms with Crippen LogP contribution in [-0.2, 0) is 0 Å². The second kappa shape index (κ2) is 7.36. The predicted molar refractivity (Wildman–Crippen MR) is 68.1 cm³/mol. The number of hydrogen-bond donors (Lipinski definition) is 3. The zero-order valence-electron chi connectivity index (χ0n) is 9.52. The zero-order chi connectivity index (χ0) is 11.3. The third-order valence-electron chi connectivity index (χ3n) is 2.47. The molecule has 92 valence electrons. The van der Waals surface area contributed by atoms with Crippen LogP contribution in [0.2, 0.25) is 0 Å². The normalized spacial score (nSPS) is 11.9. The molecular formula is C12H20ClNO2. The molecule has 1 atom stereocenters. The molecule has 0 aliphatic carbocycles. The van der Waals surface area contributed by atoms with Gasteiger partial charge in [-0.3, -0.25) is 0 Å². The van der Waals surface area contributed by atoms with Crippen LogP contribution in [0.15, 0.2) is 18.2 Å². The first-order chi connectivity index (χ1) is 7.13. The maximum atomic E-state index is 9.30. The van der Waals surface area contributed by atoms with Gasteiger partial charge >= 0.3 is 0 Å². The molecule has 0 saturated carbocycles. The van der Waals surface area contributed by atoms with E-state index in [2.05, 4.69) is 6.92 Å². The molecule has 0 aromatic heterocycles. The van der Waals surface area contributed by atoms with Gasteiger partial charge in [-0.25, -0.2) is 0 Å². The molecule has 0 aliphatic heterocycles. The second-order valence-electron chi connectivity index (χ2n) is 3.89. The van der Waals surface area contributed by atoms with Crippen molar-refractivity contribution in [2.45, 2.75) is 38.6 Å². The third-order valence-corrected chi connectivity index (χ3v) is 2.47. The lowest BCUT2D eigenvalue weighted by Gasteiger charge is -2.12. The predicted octanol–water partition coefficient (Wildman–Crippen LogP) is 3.10. The first kappa shape index (κ1) is 15.1. The van der Waals surface area contributed by atoms with Crippen molar-refractivity contribution in [2.24, 2.45) is 5.73 Å². The first-order valence-electron chi connectivity index (χ1n) is 5.42. The Labute approximate surface area is 103 Å². The summed E-state index contributed by atoms with van der Waals surface area (Å²) in [5, 5.41) is 18.6. The van der Waals surface area contributed by atoms with Crippen LogP contribution < -0.4 is 5.73 Å². The fourth-order valence-electron chi connectivity index (χ4n) is 1.61. The number of phenols is 2. The van der Waals surface area contributed by atoms with E-state index in [1.54, 1.807) is 12.1 Å². The van der Waals surface area contributed by atoms with Crippen LogP contribution in [0.4, 0.5) is 0 Å². The Bertz CT molecular complexity index is 298. The summed E-state index contributed by atoms with van der Waals surface area (Å²) in [5.74, 6) is 0.131. The minimum absolute atomic E-state index is 0. The molecule has 4 heteroatoms. The Kier molecular flexibility index (Phi) is 6.93. The molecule has 0 saturated heterocycles. The highest BCUT2D eigenvalue weighted by Gasteiger charge is 2.07. The minimum atomic E-state index is -0.102. The van der Waals surface area contributed by atoms with Crippen LogP contribution in [0.1, 0.15) is 44.2 Å². The molecule has 0 radical (unpaired) electrons. The van der Waals surface area contributed by atoms with Crippen molar-refractivity contribution in [1.29, 1.82) is 0 Å². The van der Waals surface area contributed by atoms with Gasteiger partial charge in [-0.05, 0) is 24.1 Å². The van der Waals surface area contributed by atoms with Gasteiger partial charge in [-0.15, -0.1) is 12.4 Å². The highest BCUT2D eigenvalue weighted by Crippen LogP contribution is 2.26. The summed E-state index contributed by atoms with van der Waals surface area (Å²) in [5.41, 5.74) is 6.75. The summed E-state index contributed by atoms with van der Waals surface area (Å²) in [7, 11) is 0. The van der Waals surface area contributed by atoms with Crippen LogP contribution in [0.5, 0.6) is 11.5 Å². The van der Waals surface area contributed by atoms with E-state index in [1.807, 2.05) is 0 Å². The van der Waals surface area contributed by atoms with Crippen LogP contribution in [-0.4, -0.2) is 10.2 Å². The van der Waals surface area contributed by atoms with Crippen molar-refractivity contribution < 1.29 is 10.2 Å². The van der Waals surface area contributed by atoms with Crippen molar-refractivity contribution in [3.63, 3.8) is 0 Å². The number of benzene rings is 1. The Morgan fingerprint density at radius 2 is 1.69 bits per heavy atom. The number of hydrogen-bond acceptors (Lipinski definition) is 3. The Morgan fingerprint density at radius 1 is 1.12 bits per heavy atom. The fraction of sp³-hybridized carbons (Fsp3) is 0.500. The maximum absolute atomic E-state index is 9.30. The van der Waals surface area contributed by atoms with Crippen molar-refractivity contribution in [3.8, 4) is 11.5 Å². The SMILES string of the molecule is CCCCC[C@@H](N)c1cc(O)cc(O)c1.Cl. The van der Waals surface area contributed by atoms with Gasteiger partial charge in [0.05, 0.1) is 0 Å². The number of nitrogens with two attached hydrogens (primary N) is 1. The molecule has 0 heterocycles. The van der Waals surface area contributed by atoms with Gasteiger partial charge in [-0.2, -0.15) is 0 Å². The molecule has 1 aromatic carbocycles. The second-order valence-corrected chi connectivity index (χ2v) is 3.89. The summed E-state index contributed by atoms with van der Waals surface area (Å²) < 4.78 is 0. The number of rotatable bonds is 5. The van der Waals surface area contributed by atoms with Crippen molar-refractivity contribution >= 4 is 12.4 Å². The first-order valence-corrected chi connectivity index (χ1v) is 5.42. The molecule has 0 fully saturated rings. The summed E-state index contributed by atoms with van der Waals surface area (Å²) >= 11 is 0. The molecule has 1 rings (SSSR count). The Balaban J connectivity index is 0.00000225. The van der Waals surface area contributed by atoms with E-state index in [0.717, 1.165) is 24.8 Å². The van der Waals surface area contributed by atoms with E-state index in [1.165, 1.54) is 12.5 Å². The lowest BCUT2D eigenvalue weighted by Crippen LogP contribution is -2.09. The highest BCUT2D eigenvalue weighted by atomic mass is 35.5. The lowest BCUT2D eigenvalue weighted by atomic mass is 10.0. The van der Waals surface area contributed by atoms with Gasteiger partial charge in [0, 0.05) is 12.1 Å². The molecule has 0 spiro atoms. The van der Waals surface area contributed by atoms with Gasteiger partial charge < -0.3 is 15.9 Å². The molecule has 0 bridgehead atoms. The molecule has 1 aromatic rings. The van der Waals surface area contributed by atoms with E-state index in [-0.39, 0.29) is 29.9 Å². The highest BCUT2D eigenvalue weighted by molar-refractivity contribution is 5.85. The van der Waals surface area contributed by atoms with Crippen LogP contribution >= 0.6 is 12.4 Å². The molecule has 16 heavy (non-hydrogen) atoms. The smallest absolute Gasteiger partial charge is 0.119 e. The minimum Gasteiger partial charge on any atom is -0.508 e. The largest absolute Gasteiger partial charge is 0.508 e. The molecule has 0 unspecified atom stereocenters. The summed E-state index contributed by atoms with van der Waals surface area (Å²) in [4.78, 5) is 0. The standard InChI is InChI=1S/C12H19NO2.ClH/c1-2-3-4-5-12(13)9-6-10(14)8-11(15)7-9;/h6-8,12,14-15H,2-5,13H2,1H3;1H/t12-;/m1./s1. The molecule has 4 N–H and O–H groups in total. The van der Waals surface area contributed by atoms with E-state index in [9.17, 15) is 10.2 Å². The van der Waals surface area contributed by atoms with Crippen molar-refractivity contribution in [2.75, 3.05) is 0 Å². The number of phenolic OH excluding ortho intramolecular Hbond substituents is 2.